The number of hydrogen-bond acceptors (Lipinski definition) is 3. The van der Waals surface area contributed by atoms with Crippen LogP contribution in [0.2, 0.25) is 0 Å². The maximum atomic E-state index is 10.3. The molecule has 2 nitrogen and oxygen atoms in total. The van der Waals surface area contributed by atoms with Crippen molar-refractivity contribution in [2.24, 2.45) is 0 Å². The molecular weight excluding hydrogens is 268 g/mol. The van der Waals surface area contributed by atoms with Gasteiger partial charge < -0.3 is 10.2 Å². The zero-order valence-corrected chi connectivity index (χ0v) is 11.8. The monoisotopic (exact) mass is 284 g/mol. The summed E-state index contributed by atoms with van der Waals surface area (Å²) in [6.07, 6.45) is -1.19. The van der Waals surface area contributed by atoms with Crippen molar-refractivity contribution >= 4 is 21.4 Å². The number of benzene rings is 2. The highest BCUT2D eigenvalue weighted by Gasteiger charge is 2.19. The Bertz CT molecular complexity index is 690. The molecule has 0 aliphatic carbocycles. The van der Waals surface area contributed by atoms with Crippen LogP contribution in [-0.4, -0.2) is 16.3 Å². The lowest BCUT2D eigenvalue weighted by atomic mass is 9.98. The number of thiophene rings is 1. The van der Waals surface area contributed by atoms with Crippen LogP contribution in [0.4, 0.5) is 0 Å². The molecule has 3 rings (SSSR count). The van der Waals surface area contributed by atoms with Gasteiger partial charge in [-0.25, -0.2) is 0 Å². The molecular formula is C17H16O2S. The molecule has 20 heavy (non-hydrogen) atoms. The van der Waals surface area contributed by atoms with Gasteiger partial charge in [0.05, 0.1) is 6.10 Å². The fourth-order valence-corrected chi connectivity index (χ4v) is 3.38. The predicted octanol–water partition coefficient (Wildman–Crippen LogP) is 3.54. The molecule has 3 heteroatoms. The van der Waals surface area contributed by atoms with Crippen LogP contribution in [0, 0.1) is 0 Å². The third-order valence-corrected chi connectivity index (χ3v) is 4.51. The largest absolute Gasteiger partial charge is 0.390 e. The molecule has 0 radical (unpaired) electrons. The quantitative estimate of drug-likeness (QED) is 0.769. The van der Waals surface area contributed by atoms with Crippen molar-refractivity contribution in [2.45, 2.75) is 18.6 Å². The van der Waals surface area contributed by atoms with Crippen LogP contribution < -0.4 is 0 Å². The molecule has 0 amide bonds. The van der Waals surface area contributed by atoms with Crippen molar-refractivity contribution < 1.29 is 10.2 Å². The number of rotatable bonds is 4. The number of aliphatic hydroxyl groups excluding tert-OH is 2. The van der Waals surface area contributed by atoms with Crippen LogP contribution in [0.1, 0.15) is 17.2 Å². The van der Waals surface area contributed by atoms with E-state index in [1.165, 1.54) is 4.70 Å². The minimum atomic E-state index is -0.852. The van der Waals surface area contributed by atoms with Crippen LogP contribution >= 0.6 is 11.3 Å². The summed E-state index contributed by atoms with van der Waals surface area (Å²) < 4.78 is 1.21. The molecule has 1 heterocycles. The van der Waals surface area contributed by atoms with Crippen molar-refractivity contribution in [3.8, 4) is 0 Å². The zero-order valence-electron chi connectivity index (χ0n) is 10.9. The molecule has 0 fully saturated rings. The summed E-state index contributed by atoms with van der Waals surface area (Å²) >= 11 is 1.67. The number of fused-ring (bicyclic) bond motifs is 1. The highest BCUT2D eigenvalue weighted by atomic mass is 32.1. The Hall–Kier alpha value is -1.68. The van der Waals surface area contributed by atoms with Gasteiger partial charge in [0, 0.05) is 11.1 Å². The SMILES string of the molecule is OC(Cc1csc2ccccc12)C(O)c1ccccc1. The molecule has 0 saturated carbocycles. The van der Waals surface area contributed by atoms with E-state index in [2.05, 4.69) is 17.5 Å². The van der Waals surface area contributed by atoms with Gasteiger partial charge in [-0.15, -0.1) is 11.3 Å². The second-order valence-corrected chi connectivity index (χ2v) is 5.80. The zero-order chi connectivity index (χ0) is 13.9. The van der Waals surface area contributed by atoms with Gasteiger partial charge in [0.25, 0.3) is 0 Å². The van der Waals surface area contributed by atoms with Gasteiger partial charge in [0.1, 0.15) is 6.10 Å². The Labute approximate surface area is 121 Å². The van der Waals surface area contributed by atoms with E-state index in [1.54, 1.807) is 11.3 Å². The Morgan fingerprint density at radius 2 is 1.60 bits per heavy atom. The summed E-state index contributed by atoms with van der Waals surface area (Å²) in [5.74, 6) is 0. The molecule has 0 bridgehead atoms. The Kier molecular flexibility index (Phi) is 3.83. The highest BCUT2D eigenvalue weighted by molar-refractivity contribution is 7.17. The van der Waals surface area contributed by atoms with Gasteiger partial charge >= 0.3 is 0 Å². The van der Waals surface area contributed by atoms with E-state index in [4.69, 9.17) is 0 Å². The molecule has 2 aromatic carbocycles. The number of aliphatic hydroxyl groups is 2. The summed E-state index contributed by atoms with van der Waals surface area (Å²) in [6, 6.07) is 17.4. The van der Waals surface area contributed by atoms with E-state index in [0.717, 1.165) is 16.5 Å². The lowest BCUT2D eigenvalue weighted by Gasteiger charge is -2.18. The maximum Gasteiger partial charge on any atom is 0.105 e. The lowest BCUT2D eigenvalue weighted by Crippen LogP contribution is -2.20. The summed E-state index contributed by atoms with van der Waals surface area (Å²) in [7, 11) is 0. The fraction of sp³-hybridized carbons (Fsp3) is 0.176. The van der Waals surface area contributed by atoms with Gasteiger partial charge in [-0.05, 0) is 28.0 Å². The van der Waals surface area contributed by atoms with Crippen LogP contribution in [0.15, 0.2) is 60.0 Å². The molecule has 2 N–H and O–H groups in total. The first-order valence-electron chi connectivity index (χ1n) is 6.62. The standard InChI is InChI=1S/C17H16O2S/c18-15(17(19)12-6-2-1-3-7-12)10-13-11-20-16-9-5-4-8-14(13)16/h1-9,11,15,17-19H,10H2. The van der Waals surface area contributed by atoms with E-state index in [0.29, 0.717) is 6.42 Å². The van der Waals surface area contributed by atoms with Crippen molar-refractivity contribution in [3.63, 3.8) is 0 Å². The third-order valence-electron chi connectivity index (χ3n) is 3.50. The molecule has 0 spiro atoms. The normalized spacial score (nSPS) is 14.3. The average Bonchev–Trinajstić information content (AvgIpc) is 2.91. The van der Waals surface area contributed by atoms with Crippen LogP contribution in [0.5, 0.6) is 0 Å². The van der Waals surface area contributed by atoms with Crippen molar-refractivity contribution in [2.75, 3.05) is 0 Å². The van der Waals surface area contributed by atoms with E-state index < -0.39 is 12.2 Å². The summed E-state index contributed by atoms with van der Waals surface area (Å²) in [5, 5.41) is 23.7. The third kappa shape index (κ3) is 2.61. The van der Waals surface area contributed by atoms with Crippen molar-refractivity contribution in [1.82, 2.24) is 0 Å². The fourth-order valence-electron chi connectivity index (χ4n) is 2.40. The Morgan fingerprint density at radius 3 is 2.40 bits per heavy atom. The Morgan fingerprint density at radius 1 is 0.900 bits per heavy atom. The van der Waals surface area contributed by atoms with Crippen LogP contribution in [0.25, 0.3) is 10.1 Å². The molecule has 3 aromatic rings. The number of hydrogen-bond donors (Lipinski definition) is 2. The van der Waals surface area contributed by atoms with Gasteiger partial charge in [-0.2, -0.15) is 0 Å². The van der Waals surface area contributed by atoms with Gasteiger partial charge in [0.15, 0.2) is 0 Å². The van der Waals surface area contributed by atoms with Crippen LogP contribution in [-0.2, 0) is 6.42 Å². The summed E-state index contributed by atoms with van der Waals surface area (Å²) in [4.78, 5) is 0. The predicted molar refractivity (Wildman–Crippen MR) is 82.9 cm³/mol. The lowest BCUT2D eigenvalue weighted by molar-refractivity contribution is 0.0192. The van der Waals surface area contributed by atoms with E-state index in [-0.39, 0.29) is 0 Å². The topological polar surface area (TPSA) is 40.5 Å². The Balaban J connectivity index is 1.80. The van der Waals surface area contributed by atoms with Gasteiger partial charge in [-0.1, -0.05) is 48.5 Å². The van der Waals surface area contributed by atoms with Gasteiger partial charge in [0.2, 0.25) is 0 Å². The van der Waals surface area contributed by atoms with Gasteiger partial charge in [-0.3, -0.25) is 0 Å². The smallest absolute Gasteiger partial charge is 0.105 e. The van der Waals surface area contributed by atoms with E-state index >= 15 is 0 Å². The van der Waals surface area contributed by atoms with Crippen LogP contribution in [0.3, 0.4) is 0 Å². The van der Waals surface area contributed by atoms with E-state index in [9.17, 15) is 10.2 Å². The average molecular weight is 284 g/mol. The molecule has 0 aliphatic rings. The highest BCUT2D eigenvalue weighted by Crippen LogP contribution is 2.28. The minimum Gasteiger partial charge on any atom is -0.390 e. The maximum absolute atomic E-state index is 10.3. The summed E-state index contributed by atoms with van der Waals surface area (Å²) in [6.45, 7) is 0. The van der Waals surface area contributed by atoms with Crippen molar-refractivity contribution in [3.05, 3.63) is 71.1 Å². The first-order valence-corrected chi connectivity index (χ1v) is 7.50. The molecule has 0 aliphatic heterocycles. The first-order chi connectivity index (χ1) is 9.75. The molecule has 102 valence electrons. The van der Waals surface area contributed by atoms with E-state index in [1.807, 2.05) is 42.5 Å². The van der Waals surface area contributed by atoms with Crippen molar-refractivity contribution in [1.29, 1.82) is 0 Å². The molecule has 1 aromatic heterocycles. The second kappa shape index (κ2) is 5.75. The minimum absolute atomic E-state index is 0.458. The molecule has 2 unspecified atom stereocenters. The summed E-state index contributed by atoms with van der Waals surface area (Å²) in [5.41, 5.74) is 1.84. The molecule has 0 saturated heterocycles. The molecule has 2 atom stereocenters. The first kappa shape index (κ1) is 13.3. The second-order valence-electron chi connectivity index (χ2n) is 4.88.